The molecule has 7 nitrogen and oxygen atoms in total. The SMILES string of the molecule is CCc1nc([C@@H]2C[C@@H](O)CN2C(=O)OC(C)(C)C)n[nH]1. The normalized spacial score (nSPS) is 23.1. The molecule has 0 bridgehead atoms. The van der Waals surface area contributed by atoms with Gasteiger partial charge in [0.25, 0.3) is 0 Å². The van der Waals surface area contributed by atoms with Gasteiger partial charge in [0.1, 0.15) is 11.4 Å². The first-order chi connectivity index (χ1) is 9.30. The lowest BCUT2D eigenvalue weighted by atomic mass is 10.2. The van der Waals surface area contributed by atoms with Gasteiger partial charge >= 0.3 is 6.09 Å². The van der Waals surface area contributed by atoms with Gasteiger partial charge in [0.15, 0.2) is 5.82 Å². The number of aromatic amines is 1. The number of rotatable bonds is 2. The van der Waals surface area contributed by atoms with Crippen LogP contribution < -0.4 is 0 Å². The van der Waals surface area contributed by atoms with Crippen molar-refractivity contribution in [1.29, 1.82) is 0 Å². The van der Waals surface area contributed by atoms with Crippen molar-refractivity contribution >= 4 is 6.09 Å². The van der Waals surface area contributed by atoms with Crippen LogP contribution in [0.3, 0.4) is 0 Å². The summed E-state index contributed by atoms with van der Waals surface area (Å²) < 4.78 is 5.36. The largest absolute Gasteiger partial charge is 0.444 e. The first-order valence-electron chi connectivity index (χ1n) is 6.89. The maximum atomic E-state index is 12.2. The molecule has 0 aromatic carbocycles. The van der Waals surface area contributed by atoms with Crippen molar-refractivity contribution in [1.82, 2.24) is 20.1 Å². The van der Waals surface area contributed by atoms with Gasteiger partial charge in [-0.15, -0.1) is 0 Å². The van der Waals surface area contributed by atoms with Gasteiger partial charge < -0.3 is 9.84 Å². The van der Waals surface area contributed by atoms with E-state index in [2.05, 4.69) is 15.2 Å². The smallest absolute Gasteiger partial charge is 0.411 e. The first-order valence-corrected chi connectivity index (χ1v) is 6.89. The number of hydrogen-bond donors (Lipinski definition) is 2. The van der Waals surface area contributed by atoms with Crippen LogP contribution in [0.2, 0.25) is 0 Å². The summed E-state index contributed by atoms with van der Waals surface area (Å²) in [6, 6.07) is -0.337. The van der Waals surface area contributed by atoms with E-state index in [1.54, 1.807) is 0 Å². The van der Waals surface area contributed by atoms with Gasteiger partial charge in [-0.25, -0.2) is 9.78 Å². The summed E-state index contributed by atoms with van der Waals surface area (Å²) in [5.41, 5.74) is -0.567. The third-order valence-electron chi connectivity index (χ3n) is 3.09. The molecule has 1 aliphatic rings. The zero-order chi connectivity index (χ0) is 14.9. The Morgan fingerprint density at radius 1 is 1.55 bits per heavy atom. The molecule has 1 aromatic rings. The fourth-order valence-electron chi connectivity index (χ4n) is 2.20. The van der Waals surface area contributed by atoms with Crippen LogP contribution in [0.15, 0.2) is 0 Å². The molecule has 20 heavy (non-hydrogen) atoms. The van der Waals surface area contributed by atoms with Crippen molar-refractivity contribution in [3.63, 3.8) is 0 Å². The number of aliphatic hydroxyl groups excluding tert-OH is 1. The standard InChI is InChI=1S/C13H22N4O3/c1-5-10-14-11(16-15-10)9-6-8(18)7-17(9)12(19)20-13(2,3)4/h8-9,18H,5-7H2,1-4H3,(H,14,15,16)/t8-,9+/m1/s1. The highest BCUT2D eigenvalue weighted by atomic mass is 16.6. The van der Waals surface area contributed by atoms with Crippen LogP contribution in [0.1, 0.15) is 51.8 Å². The van der Waals surface area contributed by atoms with Gasteiger partial charge in [0.2, 0.25) is 0 Å². The van der Waals surface area contributed by atoms with E-state index in [9.17, 15) is 9.90 Å². The third kappa shape index (κ3) is 3.27. The number of nitrogens with zero attached hydrogens (tertiary/aromatic N) is 3. The Balaban J connectivity index is 2.16. The molecule has 1 fully saturated rings. The van der Waals surface area contributed by atoms with Gasteiger partial charge in [-0.1, -0.05) is 6.92 Å². The van der Waals surface area contributed by atoms with Crippen LogP contribution in [0, 0.1) is 0 Å². The second-order valence-corrected chi connectivity index (χ2v) is 6.03. The molecule has 1 amide bonds. The summed E-state index contributed by atoms with van der Waals surface area (Å²) in [5, 5.41) is 16.8. The van der Waals surface area contributed by atoms with Crippen LogP contribution in [0.4, 0.5) is 4.79 Å². The molecular weight excluding hydrogens is 260 g/mol. The lowest BCUT2D eigenvalue weighted by molar-refractivity contribution is 0.0201. The van der Waals surface area contributed by atoms with Crippen molar-refractivity contribution in [3.8, 4) is 0 Å². The molecule has 112 valence electrons. The average Bonchev–Trinajstić information content (AvgIpc) is 2.92. The summed E-state index contributed by atoms with van der Waals surface area (Å²) in [6.07, 6.45) is 0.160. The van der Waals surface area contributed by atoms with Gasteiger partial charge in [-0.2, -0.15) is 5.10 Å². The Morgan fingerprint density at radius 2 is 2.25 bits per heavy atom. The Hall–Kier alpha value is -1.63. The maximum Gasteiger partial charge on any atom is 0.411 e. The monoisotopic (exact) mass is 282 g/mol. The van der Waals surface area contributed by atoms with E-state index in [1.807, 2.05) is 27.7 Å². The van der Waals surface area contributed by atoms with Crippen molar-refractivity contribution in [2.24, 2.45) is 0 Å². The van der Waals surface area contributed by atoms with Crippen LogP contribution in [-0.2, 0) is 11.2 Å². The Bertz CT molecular complexity index is 480. The number of carbonyl (C=O) groups excluding carboxylic acids is 1. The lowest BCUT2D eigenvalue weighted by Crippen LogP contribution is -2.37. The molecule has 2 N–H and O–H groups in total. The number of aromatic nitrogens is 3. The summed E-state index contributed by atoms with van der Waals surface area (Å²) >= 11 is 0. The summed E-state index contributed by atoms with van der Waals surface area (Å²) in [7, 11) is 0. The van der Waals surface area contributed by atoms with E-state index in [-0.39, 0.29) is 12.6 Å². The second-order valence-electron chi connectivity index (χ2n) is 6.03. The van der Waals surface area contributed by atoms with E-state index in [1.165, 1.54) is 4.90 Å². The number of likely N-dealkylation sites (tertiary alicyclic amines) is 1. The van der Waals surface area contributed by atoms with Crippen LogP contribution in [-0.4, -0.2) is 49.5 Å². The third-order valence-corrected chi connectivity index (χ3v) is 3.09. The zero-order valence-corrected chi connectivity index (χ0v) is 12.4. The summed E-state index contributed by atoms with van der Waals surface area (Å²) in [6.45, 7) is 7.66. The van der Waals surface area contributed by atoms with Gasteiger partial charge in [-0.3, -0.25) is 10.00 Å². The topological polar surface area (TPSA) is 91.3 Å². The molecule has 1 aliphatic heterocycles. The van der Waals surface area contributed by atoms with Crippen molar-refractivity contribution < 1.29 is 14.6 Å². The van der Waals surface area contributed by atoms with E-state index in [0.717, 1.165) is 12.2 Å². The van der Waals surface area contributed by atoms with Crippen molar-refractivity contribution in [3.05, 3.63) is 11.6 Å². The number of H-pyrrole nitrogens is 1. The predicted octanol–water partition coefficient (Wildman–Crippen LogP) is 1.41. The Morgan fingerprint density at radius 3 is 2.80 bits per heavy atom. The minimum Gasteiger partial charge on any atom is -0.444 e. The van der Waals surface area contributed by atoms with E-state index >= 15 is 0 Å². The van der Waals surface area contributed by atoms with Gasteiger partial charge in [0.05, 0.1) is 18.7 Å². The number of aryl methyl sites for hydroxylation is 1. The van der Waals surface area contributed by atoms with Gasteiger partial charge in [0, 0.05) is 12.8 Å². The Labute approximate surface area is 118 Å². The van der Waals surface area contributed by atoms with E-state index < -0.39 is 17.8 Å². The molecule has 2 rings (SSSR count). The zero-order valence-electron chi connectivity index (χ0n) is 12.4. The second kappa shape index (κ2) is 5.40. The molecule has 0 saturated carbocycles. The molecule has 7 heteroatoms. The van der Waals surface area contributed by atoms with Crippen LogP contribution >= 0.6 is 0 Å². The maximum absolute atomic E-state index is 12.2. The number of carbonyl (C=O) groups is 1. The molecule has 2 heterocycles. The number of nitrogens with one attached hydrogen (secondary N) is 1. The molecule has 1 aromatic heterocycles. The highest BCUT2D eigenvalue weighted by Gasteiger charge is 2.39. The molecule has 0 unspecified atom stereocenters. The highest BCUT2D eigenvalue weighted by Crippen LogP contribution is 2.31. The van der Waals surface area contributed by atoms with Crippen molar-refractivity contribution in [2.45, 2.75) is 58.3 Å². The van der Waals surface area contributed by atoms with Crippen molar-refractivity contribution in [2.75, 3.05) is 6.54 Å². The molecule has 0 spiro atoms. The molecular formula is C13H22N4O3. The summed E-state index contributed by atoms with van der Waals surface area (Å²) in [4.78, 5) is 18.0. The van der Waals surface area contributed by atoms with Crippen LogP contribution in [0.25, 0.3) is 0 Å². The first kappa shape index (κ1) is 14.8. The Kier molecular flexibility index (Phi) is 3.99. The number of ether oxygens (including phenoxy) is 1. The number of aliphatic hydroxyl groups is 1. The molecule has 1 saturated heterocycles. The highest BCUT2D eigenvalue weighted by molar-refractivity contribution is 5.69. The lowest BCUT2D eigenvalue weighted by Gasteiger charge is -2.27. The molecule has 0 radical (unpaired) electrons. The number of hydrogen-bond acceptors (Lipinski definition) is 5. The van der Waals surface area contributed by atoms with E-state index in [4.69, 9.17) is 4.74 Å². The fraction of sp³-hybridized carbons (Fsp3) is 0.769. The molecule has 0 aliphatic carbocycles. The quantitative estimate of drug-likeness (QED) is 0.855. The fourth-order valence-corrected chi connectivity index (χ4v) is 2.20. The average molecular weight is 282 g/mol. The summed E-state index contributed by atoms with van der Waals surface area (Å²) in [5.74, 6) is 1.30. The predicted molar refractivity (Wildman–Crippen MR) is 72.1 cm³/mol. The van der Waals surface area contributed by atoms with Crippen LogP contribution in [0.5, 0.6) is 0 Å². The van der Waals surface area contributed by atoms with E-state index in [0.29, 0.717) is 12.2 Å². The number of β-amino-alcohol motifs (C(OH)–C–C–N with tert-alkyl or cyclic N) is 1. The minimum atomic E-state index is -0.573. The minimum absolute atomic E-state index is 0.246. The molecule has 2 atom stereocenters. The number of amides is 1. The van der Waals surface area contributed by atoms with Gasteiger partial charge in [-0.05, 0) is 20.8 Å².